The molecule has 0 unspecified atom stereocenters. The molecule has 2 atom stereocenters. The van der Waals surface area contributed by atoms with E-state index in [4.69, 9.17) is 5.11 Å². The summed E-state index contributed by atoms with van der Waals surface area (Å²) in [5.74, 6) is -0.191. The summed E-state index contributed by atoms with van der Waals surface area (Å²) < 4.78 is 1.82. The van der Waals surface area contributed by atoms with Crippen LogP contribution < -0.4 is 10.6 Å². The number of amides is 3. The molecule has 2 fully saturated rings. The fourth-order valence-electron chi connectivity index (χ4n) is 3.60. The quantitative estimate of drug-likeness (QED) is 0.631. The highest BCUT2D eigenvalue weighted by molar-refractivity contribution is 6.06. The van der Waals surface area contributed by atoms with Gasteiger partial charge in [0.1, 0.15) is 11.2 Å². The van der Waals surface area contributed by atoms with Gasteiger partial charge >= 0.3 is 6.03 Å². The van der Waals surface area contributed by atoms with E-state index in [1.165, 1.54) is 4.90 Å². The third kappa shape index (κ3) is 3.67. The highest BCUT2D eigenvalue weighted by Crippen LogP contribution is 2.28. The van der Waals surface area contributed by atoms with Crippen LogP contribution in [0.5, 0.6) is 0 Å². The van der Waals surface area contributed by atoms with Gasteiger partial charge in [-0.3, -0.25) is 9.69 Å². The summed E-state index contributed by atoms with van der Waals surface area (Å²) >= 11 is 0. The lowest BCUT2D eigenvalue weighted by molar-refractivity contribution is -0.130. The van der Waals surface area contributed by atoms with Gasteiger partial charge in [0, 0.05) is 19.1 Å². The molecule has 2 heterocycles. The molecule has 25 heavy (non-hydrogen) atoms. The number of aliphatic hydroxyl groups is 1. The smallest absolute Gasteiger partial charge is 0.325 e. The van der Waals surface area contributed by atoms with Gasteiger partial charge in [0.15, 0.2) is 0 Å². The van der Waals surface area contributed by atoms with Crippen LogP contribution in [0.25, 0.3) is 0 Å². The standard InChI is InChI=1S/C16H26N6O3/c1-16(2)14(24)21(15(25)18-16)8-7-17-12-5-3-4-6-13(12)22-9-11(10-23)19-20-22/h9,12-13,17,23H,3-8,10H2,1-2H3,(H,18,25)/t12-,13+/m0/s1. The zero-order chi connectivity index (χ0) is 18.0. The van der Waals surface area contributed by atoms with Crippen molar-refractivity contribution >= 4 is 11.9 Å². The number of rotatable bonds is 6. The van der Waals surface area contributed by atoms with E-state index in [2.05, 4.69) is 20.9 Å². The zero-order valence-electron chi connectivity index (χ0n) is 14.7. The third-order valence-corrected chi connectivity index (χ3v) is 4.98. The van der Waals surface area contributed by atoms with Crippen molar-refractivity contribution in [1.82, 2.24) is 30.5 Å². The number of hydrogen-bond acceptors (Lipinski definition) is 6. The maximum atomic E-state index is 12.2. The van der Waals surface area contributed by atoms with Crippen molar-refractivity contribution in [2.75, 3.05) is 13.1 Å². The molecule has 3 N–H and O–H groups in total. The molecule has 1 aromatic heterocycles. The van der Waals surface area contributed by atoms with Crippen LogP contribution in [0.3, 0.4) is 0 Å². The SMILES string of the molecule is CC1(C)NC(=O)N(CCN[C@H]2CCCC[C@H]2n2cc(CO)nn2)C1=O. The Kier molecular flexibility index (Phi) is 5.05. The molecule has 1 aliphatic carbocycles. The van der Waals surface area contributed by atoms with Gasteiger partial charge in [0.2, 0.25) is 0 Å². The Labute approximate surface area is 146 Å². The van der Waals surface area contributed by atoms with Crippen LogP contribution in [0.1, 0.15) is 51.3 Å². The summed E-state index contributed by atoms with van der Waals surface area (Å²) in [4.78, 5) is 25.4. The Hall–Kier alpha value is -2.00. The first-order valence-electron chi connectivity index (χ1n) is 8.81. The van der Waals surface area contributed by atoms with Crippen LogP contribution in [0.15, 0.2) is 6.20 Å². The molecule has 9 nitrogen and oxygen atoms in total. The predicted octanol–water partition coefficient (Wildman–Crippen LogP) is 0.174. The highest BCUT2D eigenvalue weighted by atomic mass is 16.3. The second-order valence-corrected chi connectivity index (χ2v) is 7.27. The molecule has 0 aromatic carbocycles. The Morgan fingerprint density at radius 1 is 1.36 bits per heavy atom. The summed E-state index contributed by atoms with van der Waals surface area (Å²) in [5.41, 5.74) is -0.266. The van der Waals surface area contributed by atoms with E-state index in [1.807, 2.05) is 4.68 Å². The molecule has 0 radical (unpaired) electrons. The second kappa shape index (κ2) is 7.09. The van der Waals surface area contributed by atoms with Crippen LogP contribution in [-0.2, 0) is 11.4 Å². The molecule has 138 valence electrons. The van der Waals surface area contributed by atoms with Gasteiger partial charge in [-0.1, -0.05) is 18.1 Å². The van der Waals surface area contributed by atoms with Crippen LogP contribution in [-0.4, -0.2) is 61.6 Å². The van der Waals surface area contributed by atoms with Gasteiger partial charge in [-0.2, -0.15) is 0 Å². The number of carbonyl (C=O) groups is 2. The predicted molar refractivity (Wildman–Crippen MR) is 89.6 cm³/mol. The average Bonchev–Trinajstić information content (AvgIpc) is 3.13. The van der Waals surface area contributed by atoms with Crippen molar-refractivity contribution in [3.63, 3.8) is 0 Å². The van der Waals surface area contributed by atoms with Crippen LogP contribution in [0, 0.1) is 0 Å². The summed E-state index contributed by atoms with van der Waals surface area (Å²) in [5, 5.41) is 23.4. The average molecular weight is 350 g/mol. The number of carbonyl (C=O) groups excluding carboxylic acids is 2. The van der Waals surface area contributed by atoms with E-state index in [0.717, 1.165) is 25.7 Å². The number of nitrogens with zero attached hydrogens (tertiary/aromatic N) is 4. The summed E-state index contributed by atoms with van der Waals surface area (Å²) in [6.45, 7) is 4.18. The Balaban J connectivity index is 1.57. The molecule has 0 bridgehead atoms. The van der Waals surface area contributed by atoms with Gasteiger partial charge in [-0.25, -0.2) is 9.48 Å². The van der Waals surface area contributed by atoms with Crippen LogP contribution >= 0.6 is 0 Å². The Bertz CT molecular complexity index is 644. The second-order valence-electron chi connectivity index (χ2n) is 7.27. The lowest BCUT2D eigenvalue weighted by Crippen LogP contribution is -2.45. The molecule has 3 rings (SSSR count). The number of aliphatic hydroxyl groups excluding tert-OH is 1. The summed E-state index contributed by atoms with van der Waals surface area (Å²) in [6, 6.07) is 0.0396. The van der Waals surface area contributed by atoms with E-state index in [9.17, 15) is 9.59 Å². The first-order valence-corrected chi connectivity index (χ1v) is 8.81. The molecule has 2 aliphatic rings. The zero-order valence-corrected chi connectivity index (χ0v) is 14.7. The molecule has 1 aliphatic heterocycles. The fraction of sp³-hybridized carbons (Fsp3) is 0.750. The topological polar surface area (TPSA) is 112 Å². The maximum absolute atomic E-state index is 12.2. The minimum Gasteiger partial charge on any atom is -0.390 e. The minimum absolute atomic E-state index is 0.118. The Morgan fingerprint density at radius 3 is 2.76 bits per heavy atom. The largest absolute Gasteiger partial charge is 0.390 e. The Morgan fingerprint density at radius 2 is 2.12 bits per heavy atom. The van der Waals surface area contributed by atoms with Crippen molar-refractivity contribution in [3.05, 3.63) is 11.9 Å². The van der Waals surface area contributed by atoms with E-state index < -0.39 is 5.54 Å². The lowest BCUT2D eigenvalue weighted by atomic mass is 9.90. The number of urea groups is 1. The van der Waals surface area contributed by atoms with Gasteiger partial charge < -0.3 is 15.7 Å². The van der Waals surface area contributed by atoms with Crippen molar-refractivity contribution in [2.45, 2.75) is 63.8 Å². The van der Waals surface area contributed by atoms with Gasteiger partial charge in [-0.05, 0) is 26.7 Å². The fourth-order valence-corrected chi connectivity index (χ4v) is 3.60. The highest BCUT2D eigenvalue weighted by Gasteiger charge is 2.43. The number of nitrogens with one attached hydrogen (secondary N) is 2. The molecule has 1 saturated heterocycles. The molecular weight excluding hydrogens is 324 g/mol. The van der Waals surface area contributed by atoms with Crippen LogP contribution in [0.2, 0.25) is 0 Å². The molecule has 1 saturated carbocycles. The van der Waals surface area contributed by atoms with E-state index in [1.54, 1.807) is 20.0 Å². The third-order valence-electron chi connectivity index (χ3n) is 4.98. The van der Waals surface area contributed by atoms with Gasteiger partial charge in [0.25, 0.3) is 5.91 Å². The van der Waals surface area contributed by atoms with Gasteiger partial charge in [-0.15, -0.1) is 5.10 Å². The monoisotopic (exact) mass is 350 g/mol. The molecule has 0 spiro atoms. The number of imide groups is 1. The summed E-state index contributed by atoms with van der Waals surface area (Å²) in [7, 11) is 0. The van der Waals surface area contributed by atoms with E-state index in [0.29, 0.717) is 18.8 Å². The normalized spacial score (nSPS) is 26.1. The first-order chi connectivity index (χ1) is 11.9. The maximum Gasteiger partial charge on any atom is 0.325 e. The minimum atomic E-state index is -0.827. The molecular formula is C16H26N6O3. The van der Waals surface area contributed by atoms with Crippen molar-refractivity contribution in [3.8, 4) is 0 Å². The first kappa shape index (κ1) is 17.8. The molecule has 9 heteroatoms. The van der Waals surface area contributed by atoms with Crippen molar-refractivity contribution in [2.24, 2.45) is 0 Å². The van der Waals surface area contributed by atoms with Crippen molar-refractivity contribution in [1.29, 1.82) is 0 Å². The van der Waals surface area contributed by atoms with Crippen molar-refractivity contribution < 1.29 is 14.7 Å². The number of aromatic nitrogens is 3. The van der Waals surface area contributed by atoms with E-state index in [-0.39, 0.29) is 30.6 Å². The van der Waals surface area contributed by atoms with Gasteiger partial charge in [0.05, 0.1) is 18.8 Å². The summed E-state index contributed by atoms with van der Waals surface area (Å²) in [6.07, 6.45) is 6.03. The lowest BCUT2D eigenvalue weighted by Gasteiger charge is -2.32. The van der Waals surface area contributed by atoms with E-state index >= 15 is 0 Å². The molecule has 3 amide bonds. The molecule has 1 aromatic rings. The number of hydrogen-bond donors (Lipinski definition) is 3. The van der Waals surface area contributed by atoms with Crippen LogP contribution in [0.4, 0.5) is 4.79 Å².